The summed E-state index contributed by atoms with van der Waals surface area (Å²) in [5, 5.41) is 5.01. The molecule has 0 radical (unpaired) electrons. The Labute approximate surface area is 129 Å². The molecule has 0 unspecified atom stereocenters. The van der Waals surface area contributed by atoms with E-state index in [1.165, 1.54) is 24.6 Å². The molecule has 0 saturated heterocycles. The molecule has 1 fully saturated rings. The summed E-state index contributed by atoms with van der Waals surface area (Å²) < 4.78 is 18.4. The number of hydrogen-bond acceptors (Lipinski definition) is 3. The molecule has 2 atom stereocenters. The molecule has 1 aliphatic rings. The van der Waals surface area contributed by atoms with Crippen LogP contribution in [-0.4, -0.2) is 24.6 Å². The molecule has 2 N–H and O–H groups in total. The molecular weight excluding hydrogens is 287 g/mol. The molecule has 0 bridgehead atoms. The van der Waals surface area contributed by atoms with Gasteiger partial charge in [-0.3, -0.25) is 10.1 Å². The van der Waals surface area contributed by atoms with Gasteiger partial charge in [0.2, 0.25) is 0 Å². The summed E-state index contributed by atoms with van der Waals surface area (Å²) in [6, 6.07) is 5.36. The molecule has 120 valence electrons. The van der Waals surface area contributed by atoms with Crippen LogP contribution in [0.25, 0.3) is 0 Å². The molecule has 0 spiro atoms. The lowest BCUT2D eigenvalue weighted by Gasteiger charge is -2.29. The van der Waals surface area contributed by atoms with E-state index in [1.54, 1.807) is 6.07 Å². The van der Waals surface area contributed by atoms with Crippen LogP contribution in [0.1, 0.15) is 32.6 Å². The van der Waals surface area contributed by atoms with Gasteiger partial charge >= 0.3 is 6.03 Å². The topological polar surface area (TPSA) is 67.4 Å². The van der Waals surface area contributed by atoms with Crippen LogP contribution in [-0.2, 0) is 4.79 Å². The summed E-state index contributed by atoms with van der Waals surface area (Å²) in [5.41, 5.74) is 0. The van der Waals surface area contributed by atoms with Crippen LogP contribution in [0.5, 0.6) is 5.75 Å². The number of hydrogen-bond donors (Lipinski definition) is 2. The lowest BCUT2D eigenvalue weighted by atomic mass is 9.86. The van der Waals surface area contributed by atoms with Crippen molar-refractivity contribution < 1.29 is 18.7 Å². The quantitative estimate of drug-likeness (QED) is 0.898. The van der Waals surface area contributed by atoms with Gasteiger partial charge < -0.3 is 10.1 Å². The SMILES string of the molecule is C[C@H]1CCCC[C@H]1NC(=O)NC(=O)COc1ccccc1F. The van der Waals surface area contributed by atoms with Gasteiger partial charge in [-0.25, -0.2) is 9.18 Å². The highest BCUT2D eigenvalue weighted by Crippen LogP contribution is 2.23. The van der Waals surface area contributed by atoms with Gasteiger partial charge in [-0.2, -0.15) is 0 Å². The van der Waals surface area contributed by atoms with Gasteiger partial charge in [0, 0.05) is 6.04 Å². The number of halogens is 1. The van der Waals surface area contributed by atoms with E-state index in [0.717, 1.165) is 19.3 Å². The van der Waals surface area contributed by atoms with Crippen molar-refractivity contribution in [3.63, 3.8) is 0 Å². The monoisotopic (exact) mass is 308 g/mol. The number of amides is 3. The summed E-state index contributed by atoms with van der Waals surface area (Å²) in [7, 11) is 0. The van der Waals surface area contributed by atoms with Crippen LogP contribution in [0.4, 0.5) is 9.18 Å². The Morgan fingerprint density at radius 2 is 2.00 bits per heavy atom. The minimum absolute atomic E-state index is 0.0149. The first-order valence-corrected chi connectivity index (χ1v) is 7.54. The number of para-hydroxylation sites is 1. The standard InChI is InChI=1S/C16H21FN2O3/c1-11-6-2-4-8-13(11)18-16(21)19-15(20)10-22-14-9-5-3-7-12(14)17/h3,5,7,9,11,13H,2,4,6,8,10H2,1H3,(H2,18,19,20,21)/t11-,13+/m0/s1. The maximum absolute atomic E-state index is 13.3. The van der Waals surface area contributed by atoms with Crippen molar-refractivity contribution in [3.8, 4) is 5.75 Å². The highest BCUT2D eigenvalue weighted by molar-refractivity contribution is 5.95. The normalized spacial score (nSPS) is 21.0. The largest absolute Gasteiger partial charge is 0.481 e. The lowest BCUT2D eigenvalue weighted by Crippen LogP contribution is -2.48. The van der Waals surface area contributed by atoms with Crippen molar-refractivity contribution in [2.45, 2.75) is 38.6 Å². The zero-order valence-corrected chi connectivity index (χ0v) is 12.6. The summed E-state index contributed by atoms with van der Waals surface area (Å²) in [6.07, 6.45) is 4.26. The molecule has 0 heterocycles. The molecule has 6 heteroatoms. The Bertz CT molecular complexity index is 536. The highest BCUT2D eigenvalue weighted by atomic mass is 19.1. The lowest BCUT2D eigenvalue weighted by molar-refractivity contribution is -0.122. The molecule has 0 aliphatic heterocycles. The first-order chi connectivity index (χ1) is 10.6. The van der Waals surface area contributed by atoms with Gasteiger partial charge in [-0.05, 0) is 30.9 Å². The fourth-order valence-electron chi connectivity index (χ4n) is 2.60. The number of imide groups is 1. The number of benzene rings is 1. The second-order valence-electron chi connectivity index (χ2n) is 5.61. The number of rotatable bonds is 4. The summed E-state index contributed by atoms with van der Waals surface area (Å²) in [5.74, 6) is -0.761. The van der Waals surface area contributed by atoms with E-state index in [4.69, 9.17) is 4.74 Å². The van der Waals surface area contributed by atoms with E-state index in [1.807, 2.05) is 0 Å². The van der Waals surface area contributed by atoms with Gasteiger partial charge in [-0.15, -0.1) is 0 Å². The van der Waals surface area contributed by atoms with Crippen molar-refractivity contribution in [3.05, 3.63) is 30.1 Å². The van der Waals surface area contributed by atoms with E-state index in [2.05, 4.69) is 17.6 Å². The molecular formula is C16H21FN2O3. The van der Waals surface area contributed by atoms with Crippen molar-refractivity contribution in [1.29, 1.82) is 0 Å². The van der Waals surface area contributed by atoms with Crippen LogP contribution in [0.2, 0.25) is 0 Å². The number of carbonyl (C=O) groups excluding carboxylic acids is 2. The molecule has 1 aromatic carbocycles. The molecule has 0 aromatic heterocycles. The predicted molar refractivity (Wildman–Crippen MR) is 80.0 cm³/mol. The van der Waals surface area contributed by atoms with Gasteiger partial charge in [0.15, 0.2) is 18.2 Å². The van der Waals surface area contributed by atoms with Gasteiger partial charge in [0.25, 0.3) is 5.91 Å². The van der Waals surface area contributed by atoms with Crippen molar-refractivity contribution in [2.24, 2.45) is 5.92 Å². The molecule has 2 rings (SSSR count). The maximum Gasteiger partial charge on any atom is 0.321 e. The van der Waals surface area contributed by atoms with Gasteiger partial charge in [0.1, 0.15) is 0 Å². The van der Waals surface area contributed by atoms with Crippen LogP contribution in [0.15, 0.2) is 24.3 Å². The maximum atomic E-state index is 13.3. The summed E-state index contributed by atoms with van der Waals surface area (Å²) >= 11 is 0. The van der Waals surface area contributed by atoms with Crippen molar-refractivity contribution in [2.75, 3.05) is 6.61 Å². The van der Waals surface area contributed by atoms with Crippen LogP contribution in [0.3, 0.4) is 0 Å². The third kappa shape index (κ3) is 4.72. The molecule has 1 aliphatic carbocycles. The minimum Gasteiger partial charge on any atom is -0.481 e. The zero-order valence-electron chi connectivity index (χ0n) is 12.6. The van der Waals surface area contributed by atoms with Crippen molar-refractivity contribution >= 4 is 11.9 Å². The Hall–Kier alpha value is -2.11. The van der Waals surface area contributed by atoms with E-state index >= 15 is 0 Å². The van der Waals surface area contributed by atoms with Crippen LogP contribution in [0, 0.1) is 11.7 Å². The number of nitrogens with one attached hydrogen (secondary N) is 2. The first-order valence-electron chi connectivity index (χ1n) is 7.54. The number of carbonyl (C=O) groups is 2. The van der Waals surface area contributed by atoms with Gasteiger partial charge in [0.05, 0.1) is 0 Å². The second kappa shape index (κ2) is 7.77. The second-order valence-corrected chi connectivity index (χ2v) is 5.61. The molecule has 22 heavy (non-hydrogen) atoms. The van der Waals surface area contributed by atoms with Gasteiger partial charge in [-0.1, -0.05) is 31.9 Å². The molecule has 1 saturated carbocycles. The van der Waals surface area contributed by atoms with Crippen LogP contribution < -0.4 is 15.4 Å². The molecule has 1 aromatic rings. The summed E-state index contributed by atoms with van der Waals surface area (Å²) in [6.45, 7) is 1.68. The Balaban J connectivity index is 1.74. The van der Waals surface area contributed by atoms with E-state index < -0.39 is 24.4 Å². The minimum atomic E-state index is -0.607. The Morgan fingerprint density at radius 3 is 2.73 bits per heavy atom. The first kappa shape index (κ1) is 16.3. The fraction of sp³-hybridized carbons (Fsp3) is 0.500. The third-order valence-corrected chi connectivity index (χ3v) is 3.88. The average molecular weight is 308 g/mol. The smallest absolute Gasteiger partial charge is 0.321 e. The highest BCUT2D eigenvalue weighted by Gasteiger charge is 2.23. The predicted octanol–water partition coefficient (Wildman–Crippen LogP) is 2.61. The van der Waals surface area contributed by atoms with Crippen molar-refractivity contribution in [1.82, 2.24) is 10.6 Å². The Morgan fingerprint density at radius 1 is 1.27 bits per heavy atom. The van der Waals surface area contributed by atoms with Crippen LogP contribution >= 0.6 is 0 Å². The number of ether oxygens (including phenoxy) is 1. The van der Waals surface area contributed by atoms with E-state index in [-0.39, 0.29) is 11.8 Å². The fourth-order valence-corrected chi connectivity index (χ4v) is 2.60. The average Bonchev–Trinajstić information content (AvgIpc) is 2.49. The molecule has 5 nitrogen and oxygen atoms in total. The number of urea groups is 1. The zero-order chi connectivity index (χ0) is 15.9. The summed E-state index contributed by atoms with van der Waals surface area (Å²) in [4.78, 5) is 23.4. The van der Waals surface area contributed by atoms with E-state index in [9.17, 15) is 14.0 Å². The molecule has 3 amide bonds. The van der Waals surface area contributed by atoms with E-state index in [0.29, 0.717) is 5.92 Å². The Kier molecular flexibility index (Phi) is 5.75. The third-order valence-electron chi connectivity index (χ3n) is 3.88.